The fourth-order valence-electron chi connectivity index (χ4n) is 1.96. The molecule has 1 heterocycles. The van der Waals surface area contributed by atoms with Gasteiger partial charge in [0.25, 0.3) is 0 Å². The maximum atomic E-state index is 12.4. The van der Waals surface area contributed by atoms with Gasteiger partial charge in [-0.15, -0.1) is 10.2 Å². The van der Waals surface area contributed by atoms with E-state index in [0.29, 0.717) is 21.7 Å². The highest BCUT2D eigenvalue weighted by molar-refractivity contribution is 8.00. The summed E-state index contributed by atoms with van der Waals surface area (Å²) in [5, 5.41) is 11.7. The van der Waals surface area contributed by atoms with Crippen molar-refractivity contribution < 1.29 is 4.79 Å². The Morgan fingerprint density at radius 2 is 2.22 bits per heavy atom. The molecule has 0 saturated heterocycles. The molecule has 0 aliphatic carbocycles. The Morgan fingerprint density at radius 3 is 2.91 bits per heavy atom. The van der Waals surface area contributed by atoms with Gasteiger partial charge in [0.15, 0.2) is 5.82 Å². The third kappa shape index (κ3) is 4.39. The monoisotopic (exact) mass is 353 g/mol. The van der Waals surface area contributed by atoms with Gasteiger partial charge in [0.2, 0.25) is 11.1 Å². The quantitative estimate of drug-likeness (QED) is 0.615. The Hall–Kier alpha value is -1.73. The number of nitrogen functional groups attached to an aromatic ring is 1. The van der Waals surface area contributed by atoms with E-state index < -0.39 is 0 Å². The fourth-order valence-corrected chi connectivity index (χ4v) is 2.92. The molecule has 0 aliphatic heterocycles. The molecule has 1 aromatic heterocycles. The molecule has 0 fully saturated rings. The minimum Gasteiger partial charge on any atom is -0.336 e. The molecule has 0 unspecified atom stereocenters. The molecule has 0 spiro atoms. The SMILES string of the molecule is CCCc1nnc(S[C@H](C)C(=O)Nc2cc(Cl)ccc2C)n1N. The second kappa shape index (κ2) is 7.70. The Balaban J connectivity index is 2.04. The zero-order chi connectivity index (χ0) is 17.0. The summed E-state index contributed by atoms with van der Waals surface area (Å²) in [5.74, 6) is 6.53. The van der Waals surface area contributed by atoms with E-state index in [1.165, 1.54) is 16.4 Å². The number of benzene rings is 1. The van der Waals surface area contributed by atoms with Crippen molar-refractivity contribution in [3.05, 3.63) is 34.6 Å². The molecule has 1 atom stereocenters. The summed E-state index contributed by atoms with van der Waals surface area (Å²) in [6.07, 6.45) is 1.69. The number of halogens is 1. The molecule has 2 rings (SSSR count). The predicted molar refractivity (Wildman–Crippen MR) is 94.3 cm³/mol. The second-order valence-electron chi connectivity index (χ2n) is 5.23. The van der Waals surface area contributed by atoms with Crippen molar-refractivity contribution in [1.82, 2.24) is 14.9 Å². The molecule has 1 amide bonds. The van der Waals surface area contributed by atoms with Crippen LogP contribution in [0, 0.1) is 6.92 Å². The zero-order valence-corrected chi connectivity index (χ0v) is 14.9. The highest BCUT2D eigenvalue weighted by Gasteiger charge is 2.19. The van der Waals surface area contributed by atoms with Gasteiger partial charge in [0.1, 0.15) is 0 Å². The van der Waals surface area contributed by atoms with Crippen molar-refractivity contribution in [2.45, 2.75) is 44.0 Å². The van der Waals surface area contributed by atoms with Gasteiger partial charge in [-0.2, -0.15) is 0 Å². The highest BCUT2D eigenvalue weighted by Crippen LogP contribution is 2.24. The number of anilines is 1. The lowest BCUT2D eigenvalue weighted by Crippen LogP contribution is -2.24. The van der Waals surface area contributed by atoms with Crippen molar-refractivity contribution in [2.24, 2.45) is 0 Å². The molecule has 124 valence electrons. The van der Waals surface area contributed by atoms with Crippen LogP contribution in [0.2, 0.25) is 5.02 Å². The van der Waals surface area contributed by atoms with Gasteiger partial charge >= 0.3 is 0 Å². The number of nitrogens with two attached hydrogens (primary N) is 1. The molecule has 23 heavy (non-hydrogen) atoms. The van der Waals surface area contributed by atoms with Crippen LogP contribution in [0.4, 0.5) is 5.69 Å². The lowest BCUT2D eigenvalue weighted by molar-refractivity contribution is -0.115. The molecule has 3 N–H and O–H groups in total. The highest BCUT2D eigenvalue weighted by atomic mass is 35.5. The first-order valence-electron chi connectivity index (χ1n) is 7.35. The lowest BCUT2D eigenvalue weighted by Gasteiger charge is -2.13. The summed E-state index contributed by atoms with van der Waals surface area (Å²) < 4.78 is 1.45. The summed E-state index contributed by atoms with van der Waals surface area (Å²) in [7, 11) is 0. The minimum atomic E-state index is -0.366. The number of amides is 1. The minimum absolute atomic E-state index is 0.139. The van der Waals surface area contributed by atoms with Crippen LogP contribution in [0.3, 0.4) is 0 Å². The number of hydrogen-bond donors (Lipinski definition) is 2. The molecule has 2 aromatic rings. The van der Waals surface area contributed by atoms with Crippen LogP contribution in [0.15, 0.2) is 23.4 Å². The van der Waals surface area contributed by atoms with Gasteiger partial charge in [0, 0.05) is 17.1 Å². The van der Waals surface area contributed by atoms with Gasteiger partial charge in [-0.25, -0.2) is 4.68 Å². The van der Waals surface area contributed by atoms with Crippen molar-refractivity contribution >= 4 is 35.0 Å². The van der Waals surface area contributed by atoms with E-state index in [-0.39, 0.29) is 11.2 Å². The third-order valence-electron chi connectivity index (χ3n) is 3.32. The first-order valence-corrected chi connectivity index (χ1v) is 8.61. The van der Waals surface area contributed by atoms with E-state index in [4.69, 9.17) is 17.4 Å². The van der Waals surface area contributed by atoms with E-state index in [1.54, 1.807) is 19.1 Å². The zero-order valence-electron chi connectivity index (χ0n) is 13.3. The van der Waals surface area contributed by atoms with Gasteiger partial charge in [0.05, 0.1) is 5.25 Å². The Bertz CT molecular complexity index is 703. The smallest absolute Gasteiger partial charge is 0.237 e. The van der Waals surface area contributed by atoms with E-state index in [9.17, 15) is 4.79 Å². The van der Waals surface area contributed by atoms with Crippen LogP contribution >= 0.6 is 23.4 Å². The Morgan fingerprint density at radius 1 is 1.48 bits per heavy atom. The van der Waals surface area contributed by atoms with Crippen molar-refractivity contribution in [1.29, 1.82) is 0 Å². The third-order valence-corrected chi connectivity index (χ3v) is 4.61. The molecule has 8 heteroatoms. The predicted octanol–water partition coefficient (Wildman–Crippen LogP) is 3.03. The number of aryl methyl sites for hydroxylation is 2. The maximum Gasteiger partial charge on any atom is 0.237 e. The summed E-state index contributed by atoms with van der Waals surface area (Å²) in [6.45, 7) is 5.76. The van der Waals surface area contributed by atoms with E-state index in [0.717, 1.165) is 18.4 Å². The summed E-state index contributed by atoms with van der Waals surface area (Å²) >= 11 is 7.24. The van der Waals surface area contributed by atoms with E-state index >= 15 is 0 Å². The average Bonchev–Trinajstić information content (AvgIpc) is 2.84. The van der Waals surface area contributed by atoms with Crippen LogP contribution in [-0.2, 0) is 11.2 Å². The number of rotatable bonds is 6. The summed E-state index contributed by atoms with van der Waals surface area (Å²) in [4.78, 5) is 12.4. The first-order chi connectivity index (χ1) is 10.9. The number of carbonyl (C=O) groups is 1. The van der Waals surface area contributed by atoms with Crippen LogP contribution in [0.25, 0.3) is 0 Å². The van der Waals surface area contributed by atoms with Crippen LogP contribution < -0.4 is 11.2 Å². The van der Waals surface area contributed by atoms with Crippen molar-refractivity contribution in [3.8, 4) is 0 Å². The molecule has 6 nitrogen and oxygen atoms in total. The van der Waals surface area contributed by atoms with Crippen molar-refractivity contribution in [2.75, 3.05) is 11.2 Å². The van der Waals surface area contributed by atoms with E-state index in [1.807, 2.05) is 19.9 Å². The number of nitrogens with one attached hydrogen (secondary N) is 1. The van der Waals surface area contributed by atoms with E-state index in [2.05, 4.69) is 15.5 Å². The molecule has 0 saturated carbocycles. The Labute approximate surface area is 144 Å². The standard InChI is InChI=1S/C15H20ClN5OS/c1-4-5-13-19-20-15(21(13)17)23-10(3)14(22)18-12-8-11(16)7-6-9(12)2/h6-8,10H,4-5,17H2,1-3H3,(H,18,22)/t10-/m1/s1. The van der Waals surface area contributed by atoms with Gasteiger partial charge < -0.3 is 11.2 Å². The molecule has 1 aromatic carbocycles. The summed E-state index contributed by atoms with van der Waals surface area (Å²) in [5.41, 5.74) is 1.66. The molecule has 0 aliphatic rings. The topological polar surface area (TPSA) is 85.8 Å². The maximum absolute atomic E-state index is 12.4. The number of nitrogens with zero attached hydrogens (tertiary/aromatic N) is 3. The number of carbonyl (C=O) groups excluding carboxylic acids is 1. The Kier molecular flexibility index (Phi) is 5.90. The molecular formula is C15H20ClN5OS. The van der Waals surface area contributed by atoms with Crippen LogP contribution in [-0.4, -0.2) is 26.0 Å². The number of thioether (sulfide) groups is 1. The second-order valence-corrected chi connectivity index (χ2v) is 6.97. The van der Waals surface area contributed by atoms with Crippen molar-refractivity contribution in [3.63, 3.8) is 0 Å². The molecule has 0 radical (unpaired) electrons. The first kappa shape index (κ1) is 17.6. The molecular weight excluding hydrogens is 334 g/mol. The van der Waals surface area contributed by atoms with Gasteiger partial charge in [-0.3, -0.25) is 4.79 Å². The summed E-state index contributed by atoms with van der Waals surface area (Å²) in [6, 6.07) is 5.39. The van der Waals surface area contributed by atoms with Gasteiger partial charge in [-0.05, 0) is 38.0 Å². The van der Waals surface area contributed by atoms with Crippen LogP contribution in [0.1, 0.15) is 31.7 Å². The number of aromatic nitrogens is 3. The molecule has 0 bridgehead atoms. The van der Waals surface area contributed by atoms with Gasteiger partial charge in [-0.1, -0.05) is 36.4 Å². The number of hydrogen-bond acceptors (Lipinski definition) is 5. The normalized spacial score (nSPS) is 12.2. The fraction of sp³-hybridized carbons (Fsp3) is 0.400. The largest absolute Gasteiger partial charge is 0.336 e. The average molecular weight is 354 g/mol. The lowest BCUT2D eigenvalue weighted by atomic mass is 10.2. The van der Waals surface area contributed by atoms with Crippen LogP contribution in [0.5, 0.6) is 0 Å².